The maximum Gasteiger partial charge on any atom is 0.325 e. The van der Waals surface area contributed by atoms with Crippen molar-refractivity contribution in [1.82, 2.24) is 25.5 Å². The van der Waals surface area contributed by atoms with Crippen molar-refractivity contribution < 1.29 is 9.59 Å². The molecule has 1 unspecified atom stereocenters. The second kappa shape index (κ2) is 4.02. The molecule has 2 saturated heterocycles. The molecule has 0 radical (unpaired) electrons. The average molecular weight is 247 g/mol. The maximum atomic E-state index is 12.3. The van der Waals surface area contributed by atoms with Gasteiger partial charge in [0, 0.05) is 18.9 Å². The van der Waals surface area contributed by atoms with E-state index in [1.54, 1.807) is 18.5 Å². The van der Waals surface area contributed by atoms with E-state index < -0.39 is 5.54 Å². The van der Waals surface area contributed by atoms with Gasteiger partial charge in [0.05, 0.1) is 6.54 Å². The molecule has 1 atom stereocenters. The summed E-state index contributed by atoms with van der Waals surface area (Å²) in [6.45, 7) is 1.35. The van der Waals surface area contributed by atoms with Gasteiger partial charge in [0.1, 0.15) is 11.4 Å². The lowest BCUT2D eigenvalue weighted by Gasteiger charge is -2.18. The summed E-state index contributed by atoms with van der Waals surface area (Å²) in [4.78, 5) is 33.4. The molecular weight excluding hydrogens is 234 g/mol. The Morgan fingerprint density at radius 1 is 1.33 bits per heavy atom. The molecular formula is C11H13N5O2. The third-order valence-electron chi connectivity index (χ3n) is 3.32. The van der Waals surface area contributed by atoms with Gasteiger partial charge in [-0.2, -0.15) is 0 Å². The fourth-order valence-electron chi connectivity index (χ4n) is 2.35. The quantitative estimate of drug-likeness (QED) is 0.672. The van der Waals surface area contributed by atoms with Crippen LogP contribution in [0.5, 0.6) is 0 Å². The van der Waals surface area contributed by atoms with E-state index >= 15 is 0 Å². The van der Waals surface area contributed by atoms with Crippen LogP contribution < -0.4 is 10.6 Å². The number of urea groups is 1. The molecule has 3 heterocycles. The third kappa shape index (κ3) is 1.63. The van der Waals surface area contributed by atoms with Crippen LogP contribution in [0.1, 0.15) is 12.2 Å². The molecule has 7 heteroatoms. The summed E-state index contributed by atoms with van der Waals surface area (Å²) < 4.78 is 0. The molecule has 0 bridgehead atoms. The summed E-state index contributed by atoms with van der Waals surface area (Å²) >= 11 is 0. The summed E-state index contributed by atoms with van der Waals surface area (Å²) in [6.07, 6.45) is 3.81. The van der Waals surface area contributed by atoms with Crippen molar-refractivity contribution in [1.29, 1.82) is 0 Å². The molecule has 1 aromatic heterocycles. The van der Waals surface area contributed by atoms with Gasteiger partial charge in [0.15, 0.2) is 0 Å². The Morgan fingerprint density at radius 3 is 2.78 bits per heavy atom. The van der Waals surface area contributed by atoms with Crippen LogP contribution in [0.4, 0.5) is 4.79 Å². The van der Waals surface area contributed by atoms with Crippen molar-refractivity contribution in [2.75, 3.05) is 13.1 Å². The Bertz CT molecular complexity index is 483. The van der Waals surface area contributed by atoms with E-state index in [1.807, 2.05) is 0 Å². The smallest absolute Gasteiger partial charge is 0.322 e. The van der Waals surface area contributed by atoms with Crippen molar-refractivity contribution in [3.63, 3.8) is 0 Å². The minimum Gasteiger partial charge on any atom is -0.322 e. The highest BCUT2D eigenvalue weighted by Crippen LogP contribution is 2.24. The zero-order chi connectivity index (χ0) is 12.6. The predicted molar refractivity (Wildman–Crippen MR) is 61.3 cm³/mol. The molecule has 7 nitrogen and oxygen atoms in total. The number of hydrogen-bond acceptors (Lipinski definition) is 5. The second-order valence-electron chi connectivity index (χ2n) is 4.50. The Hall–Kier alpha value is -2.02. The first kappa shape index (κ1) is 11.1. The number of carbonyl (C=O) groups is 2. The number of hydrogen-bond donors (Lipinski definition) is 2. The van der Waals surface area contributed by atoms with Crippen LogP contribution in [-0.4, -0.2) is 45.4 Å². The number of nitrogens with one attached hydrogen (secondary N) is 2. The van der Waals surface area contributed by atoms with E-state index in [0.717, 1.165) is 6.54 Å². The summed E-state index contributed by atoms with van der Waals surface area (Å²) in [5.74, 6) is 0.272. The van der Waals surface area contributed by atoms with Crippen molar-refractivity contribution in [3.05, 3.63) is 24.3 Å². The van der Waals surface area contributed by atoms with E-state index in [0.29, 0.717) is 18.8 Å². The summed E-state index contributed by atoms with van der Waals surface area (Å²) in [5.41, 5.74) is -0.758. The molecule has 3 amide bonds. The van der Waals surface area contributed by atoms with Crippen LogP contribution in [0.2, 0.25) is 0 Å². The van der Waals surface area contributed by atoms with Gasteiger partial charge in [-0.1, -0.05) is 0 Å². The molecule has 2 N–H and O–H groups in total. The van der Waals surface area contributed by atoms with Gasteiger partial charge in [-0.15, -0.1) is 0 Å². The lowest BCUT2D eigenvalue weighted by molar-refractivity contribution is -0.131. The minimum atomic E-state index is -0.758. The van der Waals surface area contributed by atoms with Gasteiger partial charge < -0.3 is 10.6 Å². The van der Waals surface area contributed by atoms with E-state index in [9.17, 15) is 9.59 Å². The normalized spacial score (nSPS) is 27.0. The van der Waals surface area contributed by atoms with Gasteiger partial charge in [-0.25, -0.2) is 14.8 Å². The molecule has 18 heavy (non-hydrogen) atoms. The number of aromatic nitrogens is 2. The van der Waals surface area contributed by atoms with Gasteiger partial charge >= 0.3 is 6.03 Å². The molecule has 1 spiro atoms. The lowest BCUT2D eigenvalue weighted by atomic mass is 9.99. The first-order valence-electron chi connectivity index (χ1n) is 5.82. The zero-order valence-corrected chi connectivity index (χ0v) is 9.72. The maximum absolute atomic E-state index is 12.3. The predicted octanol–water partition coefficient (Wildman–Crippen LogP) is -0.739. The molecule has 0 saturated carbocycles. The van der Waals surface area contributed by atoms with Crippen molar-refractivity contribution >= 4 is 11.9 Å². The Morgan fingerprint density at radius 2 is 2.11 bits per heavy atom. The van der Waals surface area contributed by atoms with Crippen molar-refractivity contribution in [2.24, 2.45) is 0 Å². The van der Waals surface area contributed by atoms with Crippen molar-refractivity contribution in [3.8, 4) is 0 Å². The van der Waals surface area contributed by atoms with Gasteiger partial charge in [-0.3, -0.25) is 9.69 Å². The molecule has 0 aromatic carbocycles. The minimum absolute atomic E-state index is 0.118. The topological polar surface area (TPSA) is 87.2 Å². The molecule has 1 aromatic rings. The fourth-order valence-corrected chi connectivity index (χ4v) is 2.35. The summed E-state index contributed by atoms with van der Waals surface area (Å²) in [5, 5.41) is 5.87. The number of carbonyl (C=O) groups excluding carboxylic acids is 2. The van der Waals surface area contributed by atoms with Gasteiger partial charge in [0.25, 0.3) is 5.91 Å². The van der Waals surface area contributed by atoms with Crippen LogP contribution >= 0.6 is 0 Å². The highest BCUT2D eigenvalue weighted by atomic mass is 16.2. The Labute approximate surface area is 104 Å². The Balaban J connectivity index is 1.81. The number of nitrogens with zero attached hydrogens (tertiary/aromatic N) is 3. The highest BCUT2D eigenvalue weighted by Gasteiger charge is 2.52. The molecule has 3 rings (SSSR count). The number of imide groups is 1. The summed E-state index contributed by atoms with van der Waals surface area (Å²) in [6, 6.07) is 1.33. The van der Waals surface area contributed by atoms with Gasteiger partial charge in [0.2, 0.25) is 0 Å². The van der Waals surface area contributed by atoms with Crippen LogP contribution in [0.3, 0.4) is 0 Å². The van der Waals surface area contributed by atoms with E-state index in [1.165, 1.54) is 4.90 Å². The first-order chi connectivity index (χ1) is 8.71. The number of amides is 3. The van der Waals surface area contributed by atoms with Crippen LogP contribution in [0.15, 0.2) is 18.5 Å². The Kier molecular flexibility index (Phi) is 2.48. The average Bonchev–Trinajstić information content (AvgIpc) is 2.93. The summed E-state index contributed by atoms with van der Waals surface area (Å²) in [7, 11) is 0. The SMILES string of the molecule is O=C1NC2(CCNC2)C(=O)N1Cc1ncccn1. The van der Waals surface area contributed by atoms with Crippen molar-refractivity contribution in [2.45, 2.75) is 18.5 Å². The van der Waals surface area contributed by atoms with Crippen LogP contribution in [0, 0.1) is 0 Å². The van der Waals surface area contributed by atoms with Gasteiger partial charge in [-0.05, 0) is 19.0 Å². The van der Waals surface area contributed by atoms with Crippen LogP contribution in [-0.2, 0) is 11.3 Å². The molecule has 2 fully saturated rings. The molecule has 94 valence electrons. The molecule has 2 aliphatic rings. The van der Waals surface area contributed by atoms with E-state index in [-0.39, 0.29) is 18.5 Å². The monoisotopic (exact) mass is 247 g/mol. The first-order valence-corrected chi connectivity index (χ1v) is 5.82. The largest absolute Gasteiger partial charge is 0.325 e. The molecule has 2 aliphatic heterocycles. The van der Waals surface area contributed by atoms with E-state index in [2.05, 4.69) is 20.6 Å². The standard InChI is InChI=1S/C11H13N5O2/c17-9-11(2-5-12-7-11)15-10(18)16(9)6-8-13-3-1-4-14-8/h1,3-4,12H,2,5-7H2,(H,15,18). The van der Waals surface area contributed by atoms with Crippen LogP contribution in [0.25, 0.3) is 0 Å². The fraction of sp³-hybridized carbons (Fsp3) is 0.455. The second-order valence-corrected chi connectivity index (χ2v) is 4.50. The highest BCUT2D eigenvalue weighted by molar-refractivity contribution is 6.07. The van der Waals surface area contributed by atoms with E-state index in [4.69, 9.17) is 0 Å². The lowest BCUT2D eigenvalue weighted by Crippen LogP contribution is -2.48. The number of rotatable bonds is 2. The zero-order valence-electron chi connectivity index (χ0n) is 9.72. The molecule has 0 aliphatic carbocycles. The third-order valence-corrected chi connectivity index (χ3v) is 3.32.